The normalized spacial score (nSPS) is 20.7. The van der Waals surface area contributed by atoms with Crippen LogP contribution in [-0.2, 0) is 21.1 Å². The van der Waals surface area contributed by atoms with E-state index >= 15 is 0 Å². The summed E-state index contributed by atoms with van der Waals surface area (Å²) in [5.74, 6) is -2.99. The fourth-order valence-electron chi connectivity index (χ4n) is 5.05. The number of anilines is 2. The minimum atomic E-state index is -3.43. The smallest absolute Gasteiger partial charge is 0.300 e. The van der Waals surface area contributed by atoms with Gasteiger partial charge in [0.25, 0.3) is 5.91 Å². The number of nitrogens with one attached hydrogen (secondary N) is 1. The van der Waals surface area contributed by atoms with Gasteiger partial charge in [0, 0.05) is 27.9 Å². The average Bonchev–Trinajstić information content (AvgIpc) is 3.67. The number of ether oxygens (including phenoxy) is 1. The Bertz CT molecular complexity index is 1420. The molecule has 2 N–H and O–H groups in total. The maximum Gasteiger partial charge on any atom is 0.300 e. The molecule has 2 heterocycles. The van der Waals surface area contributed by atoms with E-state index in [2.05, 4.69) is 38.1 Å². The number of carbonyl (C=O) groups excluding carboxylic acids is 1. The molecule has 1 fully saturated rings. The summed E-state index contributed by atoms with van der Waals surface area (Å²) in [6.45, 7) is 7.73. The molecule has 2 aliphatic rings. The first-order chi connectivity index (χ1) is 17.8. The Morgan fingerprint density at radius 1 is 1.24 bits per heavy atom. The van der Waals surface area contributed by atoms with Gasteiger partial charge in [-0.3, -0.25) is 4.79 Å². The van der Waals surface area contributed by atoms with Gasteiger partial charge in [-0.15, -0.1) is 5.10 Å². The molecule has 0 bridgehead atoms. The number of hydrogen-bond donors (Lipinski definition) is 2. The first-order valence-electron chi connectivity index (χ1n) is 12.6. The molecule has 38 heavy (non-hydrogen) atoms. The summed E-state index contributed by atoms with van der Waals surface area (Å²) in [6.07, 6.45) is 1.90. The van der Waals surface area contributed by atoms with E-state index in [4.69, 9.17) is 4.74 Å². The van der Waals surface area contributed by atoms with Crippen LogP contribution >= 0.6 is 22.6 Å². The molecule has 202 valence electrons. The van der Waals surface area contributed by atoms with E-state index in [9.17, 15) is 18.7 Å². The van der Waals surface area contributed by atoms with Crippen LogP contribution in [0.5, 0.6) is 0 Å². The van der Waals surface area contributed by atoms with E-state index in [1.54, 1.807) is 12.1 Å². The lowest BCUT2D eigenvalue weighted by Crippen LogP contribution is -2.41. The van der Waals surface area contributed by atoms with Crippen LogP contribution in [-0.4, -0.2) is 37.5 Å². The zero-order valence-corrected chi connectivity index (χ0v) is 24.1. The van der Waals surface area contributed by atoms with E-state index in [-0.39, 0.29) is 17.5 Å². The van der Waals surface area contributed by atoms with Gasteiger partial charge in [0.1, 0.15) is 5.60 Å². The number of benzene rings is 2. The van der Waals surface area contributed by atoms with Crippen molar-refractivity contribution in [1.82, 2.24) is 10.2 Å². The van der Waals surface area contributed by atoms with Crippen LogP contribution in [0.2, 0.25) is 0 Å². The lowest BCUT2D eigenvalue weighted by molar-refractivity contribution is -0.168. The SMILES string of the molecule is Cc1nnc(N[C@H](C)c2cccc(C(F)(F)C(C)(C)O)c2)c2cc3c(cc12)C(C)(OCI)C(=O)N3C1CC1. The Balaban J connectivity index is 1.56. The number of nitrogens with zero attached hydrogens (tertiary/aromatic N) is 3. The molecule has 10 heteroatoms. The van der Waals surface area contributed by atoms with Gasteiger partial charge < -0.3 is 20.1 Å². The van der Waals surface area contributed by atoms with Crippen LogP contribution in [0.1, 0.15) is 69.0 Å². The fraction of sp³-hybridized carbons (Fsp3) is 0.464. The zero-order valence-electron chi connectivity index (χ0n) is 22.0. The highest BCUT2D eigenvalue weighted by Gasteiger charge is 2.53. The molecule has 1 saturated carbocycles. The van der Waals surface area contributed by atoms with E-state index in [1.165, 1.54) is 12.1 Å². The van der Waals surface area contributed by atoms with E-state index < -0.39 is 23.2 Å². The highest BCUT2D eigenvalue weighted by molar-refractivity contribution is 14.1. The number of halogens is 3. The number of rotatable bonds is 8. The summed E-state index contributed by atoms with van der Waals surface area (Å²) >= 11 is 2.11. The van der Waals surface area contributed by atoms with Crippen LogP contribution in [0.4, 0.5) is 20.3 Å². The molecule has 0 spiro atoms. The molecule has 7 nitrogen and oxygen atoms in total. The molecule has 2 atom stereocenters. The standard InChI is InChI=1S/C28H31F2IN4O3/c1-15(17-7-6-8-18(11-17)28(29,30)26(3,4)37)32-24-21-13-23-22(12-20(21)16(2)33-34-24)27(5,38-14-31)25(36)35(23)19-9-10-19/h6-8,11-13,15,19,37H,9-10,14H2,1-5H3,(H,32,34)/t15-,27?/m1/s1. The van der Waals surface area contributed by atoms with Crippen molar-refractivity contribution in [2.24, 2.45) is 0 Å². The van der Waals surface area contributed by atoms with E-state index in [1.807, 2.05) is 37.8 Å². The van der Waals surface area contributed by atoms with Crippen molar-refractivity contribution < 1.29 is 23.4 Å². The molecule has 0 saturated heterocycles. The zero-order chi connectivity index (χ0) is 27.6. The third-order valence-corrected chi connectivity index (χ3v) is 7.92. The highest BCUT2D eigenvalue weighted by Crippen LogP contribution is 2.50. The number of carbonyl (C=O) groups is 1. The molecule has 1 aliphatic heterocycles. The lowest BCUT2D eigenvalue weighted by atomic mass is 9.91. The number of hydrogen-bond acceptors (Lipinski definition) is 6. The molecule has 1 aromatic heterocycles. The predicted octanol–water partition coefficient (Wildman–Crippen LogP) is 6.11. The first-order valence-corrected chi connectivity index (χ1v) is 14.1. The predicted molar refractivity (Wildman–Crippen MR) is 151 cm³/mol. The van der Waals surface area contributed by atoms with Gasteiger partial charge in [-0.05, 0) is 71.2 Å². The molecule has 1 aliphatic carbocycles. The Morgan fingerprint density at radius 3 is 2.58 bits per heavy atom. The summed E-state index contributed by atoms with van der Waals surface area (Å²) in [4.78, 5) is 15.4. The van der Waals surface area contributed by atoms with Gasteiger partial charge in [0.05, 0.1) is 22.0 Å². The number of amides is 1. The number of aliphatic hydroxyl groups is 1. The summed E-state index contributed by atoms with van der Waals surface area (Å²) in [5.41, 5.74) is -0.593. The second kappa shape index (κ2) is 9.34. The Hall–Kier alpha value is -2.44. The lowest BCUT2D eigenvalue weighted by Gasteiger charge is -2.30. The second-order valence-electron chi connectivity index (χ2n) is 10.9. The maximum absolute atomic E-state index is 14.8. The summed E-state index contributed by atoms with van der Waals surface area (Å²) < 4.78 is 36.0. The summed E-state index contributed by atoms with van der Waals surface area (Å²) in [5, 5.41) is 23.7. The molecular formula is C28H31F2IN4O3. The third kappa shape index (κ3) is 4.34. The number of fused-ring (bicyclic) bond motifs is 2. The molecule has 5 rings (SSSR count). The second-order valence-corrected chi connectivity index (χ2v) is 11.5. The third-order valence-electron chi connectivity index (χ3n) is 7.61. The van der Waals surface area contributed by atoms with Gasteiger partial charge in [-0.1, -0.05) is 40.8 Å². The van der Waals surface area contributed by atoms with Crippen molar-refractivity contribution in [2.75, 3.05) is 14.8 Å². The van der Waals surface area contributed by atoms with Crippen molar-refractivity contribution in [3.05, 3.63) is 58.8 Å². The van der Waals surface area contributed by atoms with Gasteiger partial charge in [0.15, 0.2) is 11.4 Å². The van der Waals surface area contributed by atoms with Crippen molar-refractivity contribution in [3.8, 4) is 0 Å². The van der Waals surface area contributed by atoms with Gasteiger partial charge in [-0.25, -0.2) is 0 Å². The minimum Gasteiger partial charge on any atom is -0.384 e. The van der Waals surface area contributed by atoms with E-state index in [0.717, 1.165) is 48.7 Å². The van der Waals surface area contributed by atoms with E-state index in [0.29, 0.717) is 21.7 Å². The quantitative estimate of drug-likeness (QED) is 0.230. The average molecular weight is 636 g/mol. The fourth-order valence-corrected chi connectivity index (χ4v) is 5.67. The van der Waals surface area contributed by atoms with Crippen molar-refractivity contribution in [1.29, 1.82) is 0 Å². The van der Waals surface area contributed by atoms with Gasteiger partial charge >= 0.3 is 5.92 Å². The first kappa shape index (κ1) is 27.1. The number of alkyl halides is 3. The van der Waals surface area contributed by atoms with Crippen LogP contribution in [0, 0.1) is 6.92 Å². The van der Waals surface area contributed by atoms with Crippen molar-refractivity contribution in [2.45, 2.75) is 76.7 Å². The highest BCUT2D eigenvalue weighted by atomic mass is 127. The van der Waals surface area contributed by atoms with Crippen molar-refractivity contribution in [3.63, 3.8) is 0 Å². The molecule has 3 aromatic rings. The Labute approximate surface area is 234 Å². The maximum atomic E-state index is 14.8. The Morgan fingerprint density at radius 2 is 1.95 bits per heavy atom. The largest absolute Gasteiger partial charge is 0.384 e. The molecular weight excluding hydrogens is 605 g/mol. The monoisotopic (exact) mass is 636 g/mol. The van der Waals surface area contributed by atoms with Gasteiger partial charge in [0.2, 0.25) is 0 Å². The molecule has 1 amide bonds. The number of aryl methyl sites for hydroxylation is 1. The summed E-state index contributed by atoms with van der Waals surface area (Å²) in [6, 6.07) is 9.73. The molecule has 1 unspecified atom stereocenters. The Kier molecular flexibility index (Phi) is 6.67. The topological polar surface area (TPSA) is 87.6 Å². The molecule has 2 aromatic carbocycles. The minimum absolute atomic E-state index is 0.0621. The molecule has 0 radical (unpaired) electrons. The summed E-state index contributed by atoms with van der Waals surface area (Å²) in [7, 11) is 0. The number of aromatic nitrogens is 2. The van der Waals surface area contributed by atoms with Crippen LogP contribution in [0.15, 0.2) is 36.4 Å². The van der Waals surface area contributed by atoms with Crippen LogP contribution in [0.3, 0.4) is 0 Å². The van der Waals surface area contributed by atoms with Crippen molar-refractivity contribution >= 4 is 50.8 Å². The van der Waals surface area contributed by atoms with Gasteiger partial charge in [-0.2, -0.15) is 13.9 Å². The van der Waals surface area contributed by atoms with Crippen LogP contribution in [0.25, 0.3) is 10.8 Å². The van der Waals surface area contributed by atoms with Crippen LogP contribution < -0.4 is 10.2 Å².